The fourth-order valence-corrected chi connectivity index (χ4v) is 2.52. The zero-order valence-corrected chi connectivity index (χ0v) is 13.0. The second kappa shape index (κ2) is 6.09. The van der Waals surface area contributed by atoms with Gasteiger partial charge in [-0.05, 0) is 54.7 Å². The first-order chi connectivity index (χ1) is 9.03. The molecule has 1 fully saturated rings. The molecule has 0 saturated heterocycles. The van der Waals surface area contributed by atoms with Crippen molar-refractivity contribution < 1.29 is 0 Å². The molecule has 19 heavy (non-hydrogen) atoms. The molecule has 1 N–H and O–H groups in total. The summed E-state index contributed by atoms with van der Waals surface area (Å²) in [4.78, 5) is 0. The van der Waals surface area contributed by atoms with Crippen LogP contribution >= 0.6 is 0 Å². The Balaban J connectivity index is 1.94. The Morgan fingerprint density at radius 1 is 1.21 bits per heavy atom. The molecule has 0 amide bonds. The highest BCUT2D eigenvalue weighted by atomic mass is 14.9. The Morgan fingerprint density at radius 2 is 1.84 bits per heavy atom. The molecule has 0 spiro atoms. The van der Waals surface area contributed by atoms with Gasteiger partial charge in [-0.1, -0.05) is 52.0 Å². The van der Waals surface area contributed by atoms with Crippen LogP contribution in [0.5, 0.6) is 0 Å². The lowest BCUT2D eigenvalue weighted by atomic mass is 9.80. The average Bonchev–Trinajstić information content (AvgIpc) is 3.22. The summed E-state index contributed by atoms with van der Waals surface area (Å²) >= 11 is 0. The van der Waals surface area contributed by atoms with Gasteiger partial charge >= 0.3 is 0 Å². The van der Waals surface area contributed by atoms with Gasteiger partial charge in [-0.2, -0.15) is 0 Å². The lowest BCUT2D eigenvalue weighted by Gasteiger charge is -2.26. The summed E-state index contributed by atoms with van der Waals surface area (Å²) in [5.74, 6) is 0.675. The van der Waals surface area contributed by atoms with E-state index in [9.17, 15) is 0 Å². The van der Waals surface area contributed by atoms with Crippen LogP contribution in [0.25, 0.3) is 0 Å². The van der Waals surface area contributed by atoms with E-state index in [0.717, 1.165) is 12.6 Å². The zero-order valence-electron chi connectivity index (χ0n) is 13.0. The van der Waals surface area contributed by atoms with Crippen LogP contribution in [0.3, 0.4) is 0 Å². The normalized spacial score (nSPS) is 17.5. The molecule has 0 radical (unpaired) electrons. The monoisotopic (exact) mass is 259 g/mol. The highest BCUT2D eigenvalue weighted by Crippen LogP contribution is 2.29. The minimum atomic E-state index is 0.274. The van der Waals surface area contributed by atoms with E-state index in [1.807, 2.05) is 0 Å². The predicted octanol–water partition coefficient (Wildman–Crippen LogP) is 4.62. The maximum absolute atomic E-state index is 3.62. The van der Waals surface area contributed by atoms with Gasteiger partial charge in [0.25, 0.3) is 0 Å². The Kier molecular flexibility index (Phi) is 4.67. The van der Waals surface area contributed by atoms with Gasteiger partial charge in [0.2, 0.25) is 0 Å². The molecule has 1 aliphatic carbocycles. The van der Waals surface area contributed by atoms with Crippen molar-refractivity contribution in [3.05, 3.63) is 35.4 Å². The van der Waals surface area contributed by atoms with E-state index in [1.54, 1.807) is 0 Å². The molecule has 0 bridgehead atoms. The summed E-state index contributed by atoms with van der Waals surface area (Å²) in [7, 11) is 0. The molecule has 1 nitrogen and oxygen atoms in total. The van der Waals surface area contributed by atoms with Gasteiger partial charge in [0.15, 0.2) is 0 Å². The van der Waals surface area contributed by atoms with Crippen LogP contribution in [-0.2, 0) is 5.41 Å². The molecule has 1 atom stereocenters. The zero-order chi connectivity index (χ0) is 13.9. The summed E-state index contributed by atoms with van der Waals surface area (Å²) in [6.45, 7) is 10.4. The Bertz CT molecular complexity index is 387. The van der Waals surface area contributed by atoms with Gasteiger partial charge in [0, 0.05) is 6.04 Å². The number of benzene rings is 1. The SMILES string of the molecule is CCC(C)c1ccc(C(C)(C)CCNC2CC2)cc1. The first-order valence-electron chi connectivity index (χ1n) is 7.87. The third-order valence-electron chi connectivity index (χ3n) is 4.63. The van der Waals surface area contributed by atoms with Crippen LogP contribution in [0.4, 0.5) is 0 Å². The average molecular weight is 259 g/mol. The molecule has 2 rings (SSSR count). The van der Waals surface area contributed by atoms with Gasteiger partial charge in [-0.15, -0.1) is 0 Å². The van der Waals surface area contributed by atoms with Crippen LogP contribution in [0.15, 0.2) is 24.3 Å². The molecule has 1 aliphatic rings. The molecule has 1 aromatic carbocycles. The lowest BCUT2D eigenvalue weighted by Crippen LogP contribution is -2.26. The number of hydrogen-bond donors (Lipinski definition) is 1. The second-order valence-electron chi connectivity index (χ2n) is 6.79. The van der Waals surface area contributed by atoms with E-state index in [2.05, 4.69) is 57.3 Å². The molecule has 0 aromatic heterocycles. The van der Waals surface area contributed by atoms with Gasteiger partial charge in [-0.25, -0.2) is 0 Å². The molecular weight excluding hydrogens is 230 g/mol. The first-order valence-corrected chi connectivity index (χ1v) is 7.87. The van der Waals surface area contributed by atoms with Gasteiger partial charge < -0.3 is 5.32 Å². The molecule has 1 unspecified atom stereocenters. The molecule has 1 saturated carbocycles. The van der Waals surface area contributed by atoms with Crippen molar-refractivity contribution in [3.63, 3.8) is 0 Å². The fourth-order valence-electron chi connectivity index (χ4n) is 2.52. The van der Waals surface area contributed by atoms with Gasteiger partial charge in [0.1, 0.15) is 0 Å². The largest absolute Gasteiger partial charge is 0.314 e. The summed E-state index contributed by atoms with van der Waals surface area (Å²) in [5.41, 5.74) is 3.21. The Hall–Kier alpha value is -0.820. The summed E-state index contributed by atoms with van der Waals surface area (Å²) < 4.78 is 0. The van der Waals surface area contributed by atoms with Crippen molar-refractivity contribution >= 4 is 0 Å². The highest BCUT2D eigenvalue weighted by molar-refractivity contribution is 5.29. The Labute approximate surface area is 118 Å². The number of nitrogens with one attached hydrogen (secondary N) is 1. The van der Waals surface area contributed by atoms with E-state index in [1.165, 1.54) is 36.8 Å². The van der Waals surface area contributed by atoms with Crippen LogP contribution in [0.2, 0.25) is 0 Å². The predicted molar refractivity (Wildman–Crippen MR) is 83.8 cm³/mol. The fraction of sp³-hybridized carbons (Fsp3) is 0.667. The first kappa shape index (κ1) is 14.6. The maximum atomic E-state index is 3.62. The van der Waals surface area contributed by atoms with Gasteiger partial charge in [-0.3, -0.25) is 0 Å². The highest BCUT2D eigenvalue weighted by Gasteiger charge is 2.24. The summed E-state index contributed by atoms with van der Waals surface area (Å²) in [5, 5.41) is 3.62. The van der Waals surface area contributed by atoms with Crippen LogP contribution < -0.4 is 5.32 Å². The molecule has 106 valence electrons. The van der Waals surface area contributed by atoms with Crippen LogP contribution in [0, 0.1) is 0 Å². The third kappa shape index (κ3) is 4.07. The minimum Gasteiger partial charge on any atom is -0.314 e. The second-order valence-corrected chi connectivity index (χ2v) is 6.79. The smallest absolute Gasteiger partial charge is 0.00682 e. The van der Waals surface area contributed by atoms with Crippen LogP contribution in [0.1, 0.15) is 70.4 Å². The standard InChI is InChI=1S/C18H29N/c1-5-14(2)15-6-8-16(9-7-15)18(3,4)12-13-19-17-10-11-17/h6-9,14,17,19H,5,10-13H2,1-4H3. The van der Waals surface area contributed by atoms with Crippen molar-refractivity contribution in [1.29, 1.82) is 0 Å². The van der Waals surface area contributed by atoms with E-state index in [-0.39, 0.29) is 5.41 Å². The number of hydrogen-bond acceptors (Lipinski definition) is 1. The van der Waals surface area contributed by atoms with Crippen molar-refractivity contribution in [2.75, 3.05) is 6.54 Å². The number of rotatable bonds is 7. The van der Waals surface area contributed by atoms with Crippen molar-refractivity contribution in [2.45, 2.75) is 70.8 Å². The Morgan fingerprint density at radius 3 is 2.37 bits per heavy atom. The van der Waals surface area contributed by atoms with Gasteiger partial charge in [0.05, 0.1) is 0 Å². The third-order valence-corrected chi connectivity index (χ3v) is 4.63. The molecular formula is C18H29N. The van der Waals surface area contributed by atoms with E-state index < -0.39 is 0 Å². The van der Waals surface area contributed by atoms with Crippen molar-refractivity contribution in [2.24, 2.45) is 0 Å². The van der Waals surface area contributed by atoms with E-state index in [0.29, 0.717) is 5.92 Å². The summed E-state index contributed by atoms with van der Waals surface area (Å²) in [6.07, 6.45) is 5.19. The minimum absolute atomic E-state index is 0.274. The molecule has 0 aliphatic heterocycles. The van der Waals surface area contributed by atoms with Crippen molar-refractivity contribution in [1.82, 2.24) is 5.32 Å². The summed E-state index contributed by atoms with van der Waals surface area (Å²) in [6, 6.07) is 10.1. The van der Waals surface area contributed by atoms with Crippen LogP contribution in [-0.4, -0.2) is 12.6 Å². The van der Waals surface area contributed by atoms with Crippen molar-refractivity contribution in [3.8, 4) is 0 Å². The quantitative estimate of drug-likeness (QED) is 0.753. The molecule has 1 heteroatoms. The molecule has 1 aromatic rings. The maximum Gasteiger partial charge on any atom is 0.00682 e. The van der Waals surface area contributed by atoms with E-state index in [4.69, 9.17) is 0 Å². The van der Waals surface area contributed by atoms with E-state index >= 15 is 0 Å². The lowest BCUT2D eigenvalue weighted by molar-refractivity contribution is 0.456. The topological polar surface area (TPSA) is 12.0 Å². The molecule has 0 heterocycles.